The quantitative estimate of drug-likeness (QED) is 0.472. The van der Waals surface area contributed by atoms with Crippen molar-refractivity contribution in [3.63, 3.8) is 0 Å². The monoisotopic (exact) mass is 458 g/mol. The first kappa shape index (κ1) is 22.4. The van der Waals surface area contributed by atoms with Gasteiger partial charge in [0.15, 0.2) is 11.8 Å². The molecule has 1 amide bonds. The van der Waals surface area contributed by atoms with Crippen LogP contribution in [-0.2, 0) is 9.59 Å². The van der Waals surface area contributed by atoms with Gasteiger partial charge in [0.2, 0.25) is 0 Å². The molecular weight excluding hydrogens is 436 g/mol. The van der Waals surface area contributed by atoms with E-state index in [-0.39, 0.29) is 11.9 Å². The van der Waals surface area contributed by atoms with E-state index in [1.54, 1.807) is 29.2 Å². The Labute approximate surface area is 196 Å². The van der Waals surface area contributed by atoms with E-state index in [9.17, 15) is 9.59 Å². The maximum Gasteiger partial charge on any atom is 0.341 e. The van der Waals surface area contributed by atoms with Crippen molar-refractivity contribution < 1.29 is 19.4 Å². The van der Waals surface area contributed by atoms with Gasteiger partial charge in [0.25, 0.3) is 5.91 Å². The number of carbonyl (C=O) groups excluding carboxylic acids is 1. The Hall–Kier alpha value is -3.84. The number of hydrogen-bond donors (Lipinski definition) is 1. The van der Waals surface area contributed by atoms with E-state index in [4.69, 9.17) is 14.8 Å². The highest BCUT2D eigenvalue weighted by Crippen LogP contribution is 2.39. The number of benzene rings is 3. The molecule has 0 spiro atoms. The molecule has 1 fully saturated rings. The van der Waals surface area contributed by atoms with E-state index in [0.29, 0.717) is 15.8 Å². The number of carbonyl (C=O) groups is 2. The largest absolute Gasteiger partial charge is 0.482 e. The van der Waals surface area contributed by atoms with Crippen LogP contribution in [0.15, 0.2) is 94.8 Å². The fourth-order valence-corrected chi connectivity index (χ4v) is 4.42. The lowest BCUT2D eigenvalue weighted by Crippen LogP contribution is -2.32. The average Bonchev–Trinajstić information content (AvgIpc) is 3.13. The Morgan fingerprint density at radius 2 is 1.67 bits per heavy atom. The number of thioether (sulfide) groups is 1. The number of aliphatic carboxylic acids is 1. The van der Waals surface area contributed by atoms with Gasteiger partial charge in [0, 0.05) is 0 Å². The van der Waals surface area contributed by atoms with Crippen molar-refractivity contribution in [2.75, 3.05) is 6.61 Å². The highest BCUT2D eigenvalue weighted by molar-refractivity contribution is 8.18. The average molecular weight is 459 g/mol. The molecule has 33 heavy (non-hydrogen) atoms. The first-order valence-electron chi connectivity index (χ1n) is 10.4. The number of para-hydroxylation sites is 1. The summed E-state index contributed by atoms with van der Waals surface area (Å²) in [4.78, 5) is 31.1. The lowest BCUT2D eigenvalue weighted by molar-refractivity contribution is -0.139. The number of carboxylic acid groups (broad SMARTS) is 1. The minimum atomic E-state index is -1.04. The fraction of sp³-hybridized carbons (Fsp3) is 0.115. The van der Waals surface area contributed by atoms with Crippen LogP contribution in [0.2, 0.25) is 0 Å². The predicted octanol–water partition coefficient (Wildman–Crippen LogP) is 5.52. The Kier molecular flexibility index (Phi) is 6.90. The van der Waals surface area contributed by atoms with Gasteiger partial charge in [-0.3, -0.25) is 9.69 Å². The molecule has 1 heterocycles. The molecule has 7 heteroatoms. The van der Waals surface area contributed by atoms with Crippen LogP contribution in [0.1, 0.15) is 24.1 Å². The molecule has 3 aromatic rings. The van der Waals surface area contributed by atoms with Crippen molar-refractivity contribution in [2.45, 2.75) is 13.0 Å². The fourth-order valence-electron chi connectivity index (χ4n) is 3.36. The summed E-state index contributed by atoms with van der Waals surface area (Å²) in [5, 5.41) is 9.36. The second kappa shape index (κ2) is 10.2. The summed E-state index contributed by atoms with van der Waals surface area (Å²) in [7, 11) is 0. The number of ether oxygens (including phenoxy) is 1. The maximum absolute atomic E-state index is 13.4. The van der Waals surface area contributed by atoms with Crippen molar-refractivity contribution >= 4 is 40.6 Å². The van der Waals surface area contributed by atoms with Gasteiger partial charge in [0.05, 0.1) is 16.6 Å². The SMILES string of the molecule is C[C@@H](c1ccccc1)N1C(=O)/C(=C\c2ccc(OCC(=O)O)cc2)SC1=Nc1ccccc1. The lowest BCUT2D eigenvalue weighted by Gasteiger charge is -2.24. The van der Waals surface area contributed by atoms with E-state index in [1.165, 1.54) is 11.8 Å². The standard InChI is InChI=1S/C26H22N2O4S/c1-18(20-8-4-2-5-9-20)28-25(31)23(33-26(28)27-21-10-6-3-7-11-21)16-19-12-14-22(15-13-19)32-17-24(29)30/h2-16,18H,17H2,1H3,(H,29,30)/b23-16+,27-26?/t18-/m0/s1. The Morgan fingerprint density at radius 3 is 2.30 bits per heavy atom. The number of carboxylic acids is 1. The molecule has 166 valence electrons. The summed E-state index contributed by atoms with van der Waals surface area (Å²) in [6.07, 6.45) is 1.81. The van der Waals surface area contributed by atoms with Crippen molar-refractivity contribution in [3.05, 3.63) is 101 Å². The minimum absolute atomic E-state index is 0.114. The summed E-state index contributed by atoms with van der Waals surface area (Å²) in [6, 6.07) is 26.2. The van der Waals surface area contributed by atoms with Crippen LogP contribution in [0.3, 0.4) is 0 Å². The molecule has 0 radical (unpaired) electrons. The van der Waals surface area contributed by atoms with Gasteiger partial charge in [-0.25, -0.2) is 9.79 Å². The van der Waals surface area contributed by atoms with Crippen molar-refractivity contribution in [3.8, 4) is 5.75 Å². The Balaban J connectivity index is 1.64. The third-order valence-corrected chi connectivity index (χ3v) is 6.01. The molecule has 1 aliphatic rings. The van der Waals surface area contributed by atoms with Crippen molar-refractivity contribution in [1.82, 2.24) is 4.90 Å². The number of amides is 1. The van der Waals surface area contributed by atoms with Crippen LogP contribution in [0, 0.1) is 0 Å². The molecule has 0 aromatic heterocycles. The number of aliphatic imine (C=N–C) groups is 1. The first-order chi connectivity index (χ1) is 16.0. The van der Waals surface area contributed by atoms with E-state index in [2.05, 4.69) is 0 Å². The molecule has 6 nitrogen and oxygen atoms in total. The molecule has 0 bridgehead atoms. The van der Waals surface area contributed by atoms with Crippen LogP contribution >= 0.6 is 11.8 Å². The van der Waals surface area contributed by atoms with E-state index >= 15 is 0 Å². The summed E-state index contributed by atoms with van der Waals surface area (Å²) in [5.41, 5.74) is 2.61. The van der Waals surface area contributed by atoms with Crippen LogP contribution in [-0.4, -0.2) is 33.7 Å². The molecule has 3 aromatic carbocycles. The molecule has 0 aliphatic carbocycles. The zero-order valence-electron chi connectivity index (χ0n) is 17.9. The topological polar surface area (TPSA) is 79.2 Å². The van der Waals surface area contributed by atoms with Crippen LogP contribution in [0.5, 0.6) is 5.75 Å². The number of amidine groups is 1. The number of rotatable bonds is 7. The van der Waals surface area contributed by atoms with Crippen molar-refractivity contribution in [1.29, 1.82) is 0 Å². The maximum atomic E-state index is 13.4. The Morgan fingerprint density at radius 1 is 1.03 bits per heavy atom. The van der Waals surface area contributed by atoms with Crippen molar-refractivity contribution in [2.24, 2.45) is 4.99 Å². The summed E-state index contributed by atoms with van der Waals surface area (Å²) >= 11 is 1.34. The van der Waals surface area contributed by atoms with Gasteiger partial charge in [-0.05, 0) is 60.2 Å². The van der Waals surface area contributed by atoms with Gasteiger partial charge in [-0.2, -0.15) is 0 Å². The third-order valence-electron chi connectivity index (χ3n) is 5.03. The van der Waals surface area contributed by atoms with E-state index in [1.807, 2.05) is 73.7 Å². The summed E-state index contributed by atoms with van der Waals surface area (Å²) in [6.45, 7) is 1.59. The highest BCUT2D eigenvalue weighted by Gasteiger charge is 2.37. The van der Waals surface area contributed by atoms with Crippen LogP contribution in [0.4, 0.5) is 5.69 Å². The second-order valence-electron chi connectivity index (χ2n) is 7.35. The molecule has 1 saturated heterocycles. The zero-order chi connectivity index (χ0) is 23.2. The van der Waals surface area contributed by atoms with E-state index < -0.39 is 12.6 Å². The Bertz CT molecular complexity index is 1190. The van der Waals surface area contributed by atoms with Gasteiger partial charge in [0.1, 0.15) is 5.75 Å². The van der Waals surface area contributed by atoms with Crippen LogP contribution in [0.25, 0.3) is 6.08 Å². The number of hydrogen-bond acceptors (Lipinski definition) is 5. The molecular formula is C26H22N2O4S. The number of nitrogens with zero attached hydrogens (tertiary/aromatic N) is 2. The third kappa shape index (κ3) is 5.51. The highest BCUT2D eigenvalue weighted by atomic mass is 32.2. The molecule has 1 N–H and O–H groups in total. The van der Waals surface area contributed by atoms with Gasteiger partial charge in [-0.1, -0.05) is 60.7 Å². The minimum Gasteiger partial charge on any atom is -0.482 e. The molecule has 0 saturated carbocycles. The lowest BCUT2D eigenvalue weighted by atomic mass is 10.1. The normalized spacial score (nSPS) is 16.9. The van der Waals surface area contributed by atoms with Crippen LogP contribution < -0.4 is 4.74 Å². The van der Waals surface area contributed by atoms with Gasteiger partial charge >= 0.3 is 5.97 Å². The molecule has 1 atom stereocenters. The molecule has 4 rings (SSSR count). The predicted molar refractivity (Wildman–Crippen MR) is 130 cm³/mol. The van der Waals surface area contributed by atoms with Gasteiger partial charge in [-0.15, -0.1) is 0 Å². The smallest absolute Gasteiger partial charge is 0.341 e. The summed E-state index contributed by atoms with van der Waals surface area (Å²) < 4.78 is 5.17. The molecule has 1 aliphatic heterocycles. The van der Waals surface area contributed by atoms with E-state index in [0.717, 1.165) is 16.8 Å². The first-order valence-corrected chi connectivity index (χ1v) is 11.2. The van der Waals surface area contributed by atoms with Gasteiger partial charge < -0.3 is 9.84 Å². The molecule has 0 unspecified atom stereocenters. The second-order valence-corrected chi connectivity index (χ2v) is 8.36. The summed E-state index contributed by atoms with van der Waals surface area (Å²) in [5.74, 6) is -0.695. The zero-order valence-corrected chi connectivity index (χ0v) is 18.7.